The third kappa shape index (κ3) is 12.1. The third-order valence-corrected chi connectivity index (χ3v) is 2.64. The summed E-state index contributed by atoms with van der Waals surface area (Å²) in [5.74, 6) is -1.81. The SMILES string of the molecule is CC(C)(C)OC(=O)NCC(=O)N[C@@H](CCCCNC(N)=O)C(=O)O. The molecule has 4 amide bonds. The van der Waals surface area contributed by atoms with Crippen LogP contribution in [-0.2, 0) is 14.3 Å². The van der Waals surface area contributed by atoms with Gasteiger partial charge in [0.25, 0.3) is 0 Å². The van der Waals surface area contributed by atoms with Crippen LogP contribution in [0.3, 0.4) is 0 Å². The normalized spacial score (nSPS) is 12.0. The Hall–Kier alpha value is -2.52. The summed E-state index contributed by atoms with van der Waals surface area (Å²) >= 11 is 0. The fraction of sp³-hybridized carbons (Fsp3) is 0.714. The van der Waals surface area contributed by atoms with Crippen LogP contribution in [0.25, 0.3) is 0 Å². The Morgan fingerprint density at radius 1 is 1.12 bits per heavy atom. The van der Waals surface area contributed by atoms with Crippen LogP contribution < -0.4 is 21.7 Å². The summed E-state index contributed by atoms with van der Waals surface area (Å²) in [4.78, 5) is 44.7. The van der Waals surface area contributed by atoms with Crippen molar-refractivity contribution in [3.8, 4) is 0 Å². The minimum Gasteiger partial charge on any atom is -0.480 e. The molecule has 138 valence electrons. The predicted octanol–water partition coefficient (Wildman–Crippen LogP) is -0.0809. The van der Waals surface area contributed by atoms with Crippen molar-refractivity contribution in [2.45, 2.75) is 51.7 Å². The van der Waals surface area contributed by atoms with Gasteiger partial charge in [0, 0.05) is 6.54 Å². The van der Waals surface area contributed by atoms with Crippen molar-refractivity contribution in [3.63, 3.8) is 0 Å². The second kappa shape index (κ2) is 10.3. The lowest BCUT2D eigenvalue weighted by Gasteiger charge is -2.20. The molecule has 0 unspecified atom stereocenters. The lowest BCUT2D eigenvalue weighted by atomic mass is 10.1. The maximum absolute atomic E-state index is 11.7. The number of nitrogens with two attached hydrogens (primary N) is 1. The van der Waals surface area contributed by atoms with Crippen molar-refractivity contribution in [3.05, 3.63) is 0 Å². The maximum Gasteiger partial charge on any atom is 0.408 e. The van der Waals surface area contributed by atoms with E-state index >= 15 is 0 Å². The van der Waals surface area contributed by atoms with Crippen molar-refractivity contribution >= 4 is 24.0 Å². The predicted molar refractivity (Wildman–Crippen MR) is 85.2 cm³/mol. The molecule has 0 aliphatic carbocycles. The van der Waals surface area contributed by atoms with Crippen LogP contribution in [0.4, 0.5) is 9.59 Å². The van der Waals surface area contributed by atoms with Crippen LogP contribution in [0.1, 0.15) is 40.0 Å². The second-order valence-corrected chi connectivity index (χ2v) is 6.10. The standard InChI is InChI=1S/C14H26N4O6/c1-14(2,3)24-13(23)17-8-10(19)18-9(11(20)21)6-4-5-7-16-12(15)22/h9H,4-8H2,1-3H3,(H,17,23)(H,18,19)(H,20,21)(H3,15,16,22)/t9-/m0/s1. The van der Waals surface area contributed by atoms with Crippen LogP contribution in [0.2, 0.25) is 0 Å². The van der Waals surface area contributed by atoms with Crippen LogP contribution >= 0.6 is 0 Å². The fourth-order valence-corrected chi connectivity index (χ4v) is 1.65. The zero-order valence-corrected chi connectivity index (χ0v) is 14.2. The molecule has 0 spiro atoms. The number of rotatable bonds is 9. The topological polar surface area (TPSA) is 160 Å². The molecule has 1 atom stereocenters. The molecular formula is C14H26N4O6. The van der Waals surface area contributed by atoms with Gasteiger partial charge in [-0.25, -0.2) is 14.4 Å². The van der Waals surface area contributed by atoms with Gasteiger partial charge in [-0.1, -0.05) is 0 Å². The van der Waals surface area contributed by atoms with Gasteiger partial charge in [0.2, 0.25) is 5.91 Å². The Kier molecular flexibility index (Phi) is 9.21. The van der Waals surface area contributed by atoms with E-state index in [9.17, 15) is 19.2 Å². The first-order chi connectivity index (χ1) is 11.0. The number of primary amides is 1. The smallest absolute Gasteiger partial charge is 0.408 e. The molecule has 0 rings (SSSR count). The first kappa shape index (κ1) is 21.5. The highest BCUT2D eigenvalue weighted by Crippen LogP contribution is 2.06. The number of carbonyl (C=O) groups excluding carboxylic acids is 3. The molecule has 10 nitrogen and oxygen atoms in total. The van der Waals surface area contributed by atoms with E-state index in [-0.39, 0.29) is 13.0 Å². The number of nitrogens with one attached hydrogen (secondary N) is 3. The number of carbonyl (C=O) groups is 4. The van der Waals surface area contributed by atoms with E-state index in [0.717, 1.165) is 0 Å². The molecular weight excluding hydrogens is 320 g/mol. The molecule has 0 aliphatic rings. The summed E-state index contributed by atoms with van der Waals surface area (Å²) in [7, 11) is 0. The third-order valence-electron chi connectivity index (χ3n) is 2.64. The number of hydrogen-bond donors (Lipinski definition) is 5. The van der Waals surface area contributed by atoms with Gasteiger partial charge < -0.3 is 31.5 Å². The Labute approximate surface area is 140 Å². The lowest BCUT2D eigenvalue weighted by molar-refractivity contribution is -0.141. The van der Waals surface area contributed by atoms with Gasteiger partial charge >= 0.3 is 18.1 Å². The zero-order chi connectivity index (χ0) is 18.8. The number of amides is 4. The minimum absolute atomic E-state index is 0.188. The van der Waals surface area contributed by atoms with Crippen LogP contribution in [0.15, 0.2) is 0 Å². The average molecular weight is 346 g/mol. The maximum atomic E-state index is 11.7. The van der Waals surface area contributed by atoms with E-state index in [0.29, 0.717) is 19.4 Å². The van der Waals surface area contributed by atoms with Crippen molar-refractivity contribution in [1.29, 1.82) is 0 Å². The molecule has 0 fully saturated rings. The van der Waals surface area contributed by atoms with Gasteiger partial charge in [-0.05, 0) is 40.0 Å². The number of carboxylic acid groups (broad SMARTS) is 1. The van der Waals surface area contributed by atoms with E-state index < -0.39 is 35.6 Å². The summed E-state index contributed by atoms with van der Waals surface area (Å²) < 4.78 is 4.96. The van der Waals surface area contributed by atoms with Crippen molar-refractivity contribution < 1.29 is 29.0 Å². The molecule has 0 aromatic rings. The van der Waals surface area contributed by atoms with Crippen LogP contribution in [0, 0.1) is 0 Å². The highest BCUT2D eigenvalue weighted by molar-refractivity contribution is 5.86. The highest BCUT2D eigenvalue weighted by Gasteiger charge is 2.21. The van der Waals surface area contributed by atoms with Gasteiger partial charge in [-0.2, -0.15) is 0 Å². The van der Waals surface area contributed by atoms with E-state index in [1.807, 2.05) is 0 Å². The van der Waals surface area contributed by atoms with Gasteiger partial charge in [-0.3, -0.25) is 4.79 Å². The first-order valence-corrected chi connectivity index (χ1v) is 7.53. The average Bonchev–Trinajstić information content (AvgIpc) is 2.41. The lowest BCUT2D eigenvalue weighted by Crippen LogP contribution is -2.46. The number of urea groups is 1. The molecule has 0 heterocycles. The monoisotopic (exact) mass is 346 g/mol. The van der Waals surface area contributed by atoms with Gasteiger partial charge in [-0.15, -0.1) is 0 Å². The summed E-state index contributed by atoms with van der Waals surface area (Å²) in [5.41, 5.74) is 4.21. The number of unbranched alkanes of at least 4 members (excludes halogenated alkanes) is 1. The highest BCUT2D eigenvalue weighted by atomic mass is 16.6. The van der Waals surface area contributed by atoms with Crippen molar-refractivity contribution in [2.24, 2.45) is 5.73 Å². The number of ether oxygens (including phenoxy) is 1. The Balaban J connectivity index is 4.13. The van der Waals surface area contributed by atoms with Gasteiger partial charge in [0.15, 0.2) is 0 Å². The molecule has 0 radical (unpaired) electrons. The molecule has 0 bridgehead atoms. The quantitative estimate of drug-likeness (QED) is 0.367. The summed E-state index contributed by atoms with van der Waals surface area (Å²) in [5, 5.41) is 16.0. The number of alkyl carbamates (subject to hydrolysis) is 1. The number of hydrogen-bond acceptors (Lipinski definition) is 5. The Morgan fingerprint density at radius 2 is 1.75 bits per heavy atom. The fourth-order valence-electron chi connectivity index (χ4n) is 1.65. The van der Waals surface area contributed by atoms with E-state index in [1.165, 1.54) is 0 Å². The molecule has 0 aromatic heterocycles. The molecule has 0 aromatic carbocycles. The molecule has 0 saturated carbocycles. The van der Waals surface area contributed by atoms with Gasteiger partial charge in [0.05, 0.1) is 0 Å². The van der Waals surface area contributed by atoms with Gasteiger partial charge in [0.1, 0.15) is 18.2 Å². The van der Waals surface area contributed by atoms with Crippen molar-refractivity contribution in [1.82, 2.24) is 16.0 Å². The van der Waals surface area contributed by atoms with E-state index in [4.69, 9.17) is 15.6 Å². The summed E-state index contributed by atoms with van der Waals surface area (Å²) in [6.07, 6.45) is 0.422. The summed E-state index contributed by atoms with van der Waals surface area (Å²) in [6, 6.07) is -1.72. The molecule has 6 N–H and O–H groups in total. The largest absolute Gasteiger partial charge is 0.480 e. The molecule has 0 aliphatic heterocycles. The van der Waals surface area contributed by atoms with Crippen LogP contribution in [0.5, 0.6) is 0 Å². The molecule has 0 saturated heterocycles. The Bertz CT molecular complexity index is 461. The molecule has 10 heteroatoms. The minimum atomic E-state index is -1.18. The number of aliphatic carboxylic acids is 1. The summed E-state index contributed by atoms with van der Waals surface area (Å²) in [6.45, 7) is 4.98. The van der Waals surface area contributed by atoms with E-state index in [2.05, 4.69) is 16.0 Å². The van der Waals surface area contributed by atoms with Crippen molar-refractivity contribution in [2.75, 3.05) is 13.1 Å². The van der Waals surface area contributed by atoms with Crippen LogP contribution in [-0.4, -0.2) is 53.8 Å². The molecule has 24 heavy (non-hydrogen) atoms. The van der Waals surface area contributed by atoms with E-state index in [1.54, 1.807) is 20.8 Å². The first-order valence-electron chi connectivity index (χ1n) is 7.53. The Morgan fingerprint density at radius 3 is 2.25 bits per heavy atom. The zero-order valence-electron chi connectivity index (χ0n) is 14.2. The number of carboxylic acids is 1. The second-order valence-electron chi connectivity index (χ2n) is 6.10.